The van der Waals surface area contributed by atoms with Gasteiger partial charge in [0.25, 0.3) is 5.91 Å². The Morgan fingerprint density at radius 1 is 1.00 bits per heavy atom. The van der Waals surface area contributed by atoms with E-state index in [1.54, 1.807) is 12.1 Å². The highest BCUT2D eigenvalue weighted by Crippen LogP contribution is 2.25. The van der Waals surface area contributed by atoms with E-state index in [1.165, 1.54) is 0 Å². The van der Waals surface area contributed by atoms with Crippen LogP contribution in [0.3, 0.4) is 0 Å². The fourth-order valence-electron chi connectivity index (χ4n) is 3.73. The normalized spacial score (nSPS) is 22.1. The molecule has 0 bridgehead atoms. The third kappa shape index (κ3) is 3.24. The van der Waals surface area contributed by atoms with Crippen molar-refractivity contribution in [2.45, 2.75) is 18.4 Å². The molecule has 0 saturated carbocycles. The van der Waals surface area contributed by atoms with E-state index < -0.39 is 11.6 Å². The number of benzene rings is 2. The number of piperidine rings is 1. The lowest BCUT2D eigenvalue weighted by molar-refractivity contribution is -0.131. The molecule has 2 N–H and O–H groups in total. The van der Waals surface area contributed by atoms with E-state index in [0.29, 0.717) is 18.5 Å². The Morgan fingerprint density at radius 3 is 2.37 bits per heavy atom. The Hall–Kier alpha value is -2.99. The standard InChI is InChI=1S/C21H21N3O3/c25-18(17-9-7-16(8-10-17)15-5-2-1-3-6-15)13-24-19(26)21(23-20(24)27)11-4-12-22-14-21/h1-3,5-10,22H,4,11-14H2,(H,23,27). The fraction of sp³-hybridized carbons (Fsp3) is 0.286. The van der Waals surface area contributed by atoms with Gasteiger partial charge in [0.2, 0.25) is 0 Å². The zero-order chi connectivity index (χ0) is 18.9. The van der Waals surface area contributed by atoms with Crippen LogP contribution in [-0.2, 0) is 4.79 Å². The van der Waals surface area contributed by atoms with Gasteiger partial charge in [-0.05, 0) is 30.5 Å². The molecular formula is C21H21N3O3. The van der Waals surface area contributed by atoms with Crippen molar-refractivity contribution < 1.29 is 14.4 Å². The maximum absolute atomic E-state index is 12.7. The van der Waals surface area contributed by atoms with Crippen molar-refractivity contribution in [2.24, 2.45) is 0 Å². The summed E-state index contributed by atoms with van der Waals surface area (Å²) in [6, 6.07) is 16.6. The second-order valence-corrected chi connectivity index (χ2v) is 7.05. The Bertz CT molecular complexity index is 871. The minimum atomic E-state index is -0.896. The first-order valence-electron chi connectivity index (χ1n) is 9.13. The van der Waals surface area contributed by atoms with Gasteiger partial charge in [0.05, 0.1) is 6.54 Å². The molecule has 2 aromatic carbocycles. The number of imide groups is 1. The van der Waals surface area contributed by atoms with Crippen LogP contribution in [0, 0.1) is 0 Å². The molecule has 6 heteroatoms. The average molecular weight is 363 g/mol. The molecule has 1 unspecified atom stereocenters. The number of urea groups is 1. The van der Waals surface area contributed by atoms with Crippen LogP contribution in [0.15, 0.2) is 54.6 Å². The Morgan fingerprint density at radius 2 is 1.70 bits per heavy atom. The summed E-state index contributed by atoms with van der Waals surface area (Å²) in [5.74, 6) is -0.562. The maximum Gasteiger partial charge on any atom is 0.325 e. The highest BCUT2D eigenvalue weighted by atomic mass is 16.2. The summed E-state index contributed by atoms with van der Waals surface area (Å²) in [7, 11) is 0. The number of Topliss-reactive ketones (excluding diaryl/α,β-unsaturated/α-hetero) is 1. The van der Waals surface area contributed by atoms with Crippen LogP contribution in [-0.4, -0.2) is 47.8 Å². The van der Waals surface area contributed by atoms with E-state index >= 15 is 0 Å². The third-order valence-corrected chi connectivity index (χ3v) is 5.25. The van der Waals surface area contributed by atoms with Crippen molar-refractivity contribution in [3.63, 3.8) is 0 Å². The molecule has 138 valence electrons. The Labute approximate surface area is 157 Å². The summed E-state index contributed by atoms with van der Waals surface area (Å²) < 4.78 is 0. The molecule has 0 radical (unpaired) electrons. The van der Waals surface area contributed by atoms with Crippen LogP contribution in [0.2, 0.25) is 0 Å². The molecular weight excluding hydrogens is 342 g/mol. The van der Waals surface area contributed by atoms with Crippen molar-refractivity contribution in [2.75, 3.05) is 19.6 Å². The summed E-state index contributed by atoms with van der Waals surface area (Å²) in [6.45, 7) is 1.00. The quantitative estimate of drug-likeness (QED) is 0.645. The lowest BCUT2D eigenvalue weighted by Gasteiger charge is -2.31. The van der Waals surface area contributed by atoms with Crippen molar-refractivity contribution in [1.82, 2.24) is 15.5 Å². The zero-order valence-electron chi connectivity index (χ0n) is 14.9. The van der Waals surface area contributed by atoms with Gasteiger partial charge in [0, 0.05) is 12.1 Å². The molecule has 2 aromatic rings. The molecule has 0 aromatic heterocycles. The number of nitrogens with one attached hydrogen (secondary N) is 2. The molecule has 2 aliphatic rings. The highest BCUT2D eigenvalue weighted by Gasteiger charge is 2.51. The van der Waals surface area contributed by atoms with E-state index in [2.05, 4.69) is 10.6 Å². The van der Waals surface area contributed by atoms with Gasteiger partial charge in [-0.25, -0.2) is 4.79 Å². The van der Waals surface area contributed by atoms with Gasteiger partial charge in [-0.15, -0.1) is 0 Å². The average Bonchev–Trinajstić information content (AvgIpc) is 2.93. The number of carbonyl (C=O) groups excluding carboxylic acids is 3. The van der Waals surface area contributed by atoms with Crippen LogP contribution in [0.1, 0.15) is 23.2 Å². The number of hydrogen-bond donors (Lipinski definition) is 2. The lowest BCUT2D eigenvalue weighted by Crippen LogP contribution is -2.57. The van der Waals surface area contributed by atoms with Gasteiger partial charge in [0.1, 0.15) is 5.54 Å². The van der Waals surface area contributed by atoms with Gasteiger partial charge in [-0.2, -0.15) is 0 Å². The smallest absolute Gasteiger partial charge is 0.322 e. The summed E-state index contributed by atoms with van der Waals surface area (Å²) in [5.41, 5.74) is 1.66. The number of hydrogen-bond acceptors (Lipinski definition) is 4. The predicted molar refractivity (Wildman–Crippen MR) is 101 cm³/mol. The van der Waals surface area contributed by atoms with Crippen molar-refractivity contribution in [3.8, 4) is 11.1 Å². The maximum atomic E-state index is 12.7. The number of carbonyl (C=O) groups is 3. The van der Waals surface area contributed by atoms with Crippen LogP contribution >= 0.6 is 0 Å². The molecule has 3 amide bonds. The van der Waals surface area contributed by atoms with Gasteiger partial charge in [-0.1, -0.05) is 54.6 Å². The molecule has 2 saturated heterocycles. The van der Waals surface area contributed by atoms with E-state index in [1.807, 2.05) is 42.5 Å². The van der Waals surface area contributed by atoms with Gasteiger partial charge in [0.15, 0.2) is 5.78 Å². The summed E-state index contributed by atoms with van der Waals surface area (Å²) in [4.78, 5) is 38.7. The molecule has 6 nitrogen and oxygen atoms in total. The third-order valence-electron chi connectivity index (χ3n) is 5.25. The largest absolute Gasteiger partial charge is 0.325 e. The fourth-order valence-corrected chi connectivity index (χ4v) is 3.73. The lowest BCUT2D eigenvalue weighted by atomic mass is 9.90. The Kier molecular flexibility index (Phi) is 4.49. The number of amides is 3. The Balaban J connectivity index is 1.47. The van der Waals surface area contributed by atoms with E-state index in [9.17, 15) is 14.4 Å². The van der Waals surface area contributed by atoms with E-state index in [-0.39, 0.29) is 18.2 Å². The SMILES string of the molecule is O=C(CN1C(=O)NC2(CCCNC2)C1=O)c1ccc(-c2ccccc2)cc1. The molecule has 1 spiro atoms. The molecule has 4 rings (SSSR count). The van der Waals surface area contributed by atoms with E-state index in [4.69, 9.17) is 0 Å². The first-order chi connectivity index (χ1) is 13.1. The van der Waals surface area contributed by atoms with Crippen LogP contribution in [0.5, 0.6) is 0 Å². The number of ketones is 1. The van der Waals surface area contributed by atoms with Gasteiger partial charge in [-0.3, -0.25) is 14.5 Å². The van der Waals surface area contributed by atoms with Crippen LogP contribution in [0.25, 0.3) is 11.1 Å². The first-order valence-corrected chi connectivity index (χ1v) is 9.13. The second kappa shape index (κ2) is 6.96. The summed E-state index contributed by atoms with van der Waals surface area (Å²) in [6.07, 6.45) is 1.41. The molecule has 2 fully saturated rings. The number of rotatable bonds is 4. The van der Waals surface area contributed by atoms with Crippen molar-refractivity contribution in [1.29, 1.82) is 0 Å². The monoisotopic (exact) mass is 363 g/mol. The molecule has 2 heterocycles. The zero-order valence-corrected chi connectivity index (χ0v) is 14.9. The van der Waals surface area contributed by atoms with Crippen molar-refractivity contribution in [3.05, 3.63) is 60.2 Å². The second-order valence-electron chi connectivity index (χ2n) is 7.05. The van der Waals surface area contributed by atoms with Crippen molar-refractivity contribution >= 4 is 17.7 Å². The van der Waals surface area contributed by atoms with Gasteiger partial charge < -0.3 is 10.6 Å². The topological polar surface area (TPSA) is 78.5 Å². The number of nitrogens with zero attached hydrogens (tertiary/aromatic N) is 1. The van der Waals surface area contributed by atoms with E-state index in [0.717, 1.165) is 29.0 Å². The minimum Gasteiger partial charge on any atom is -0.322 e. The summed E-state index contributed by atoms with van der Waals surface area (Å²) >= 11 is 0. The van der Waals surface area contributed by atoms with Crippen LogP contribution in [0.4, 0.5) is 4.79 Å². The predicted octanol–water partition coefficient (Wildman–Crippen LogP) is 2.21. The van der Waals surface area contributed by atoms with Crippen LogP contribution < -0.4 is 10.6 Å². The van der Waals surface area contributed by atoms with Gasteiger partial charge >= 0.3 is 6.03 Å². The molecule has 1 atom stereocenters. The highest BCUT2D eigenvalue weighted by molar-refractivity contribution is 6.11. The minimum absolute atomic E-state index is 0.239. The molecule has 2 aliphatic heterocycles. The molecule has 27 heavy (non-hydrogen) atoms. The first kappa shape index (κ1) is 17.4. The molecule has 0 aliphatic carbocycles. The summed E-state index contributed by atoms with van der Waals surface area (Å²) in [5, 5.41) is 5.93.